The van der Waals surface area contributed by atoms with Gasteiger partial charge in [-0.2, -0.15) is 5.26 Å². The molecule has 0 bridgehead atoms. The van der Waals surface area contributed by atoms with Gasteiger partial charge in [0.25, 0.3) is 0 Å². The van der Waals surface area contributed by atoms with Gasteiger partial charge in [0.2, 0.25) is 0 Å². The summed E-state index contributed by atoms with van der Waals surface area (Å²) in [7, 11) is 0. The van der Waals surface area contributed by atoms with E-state index in [9.17, 15) is 5.26 Å². The first-order valence-electron chi connectivity index (χ1n) is 8.47. The highest BCUT2D eigenvalue weighted by Crippen LogP contribution is 2.32. The maximum Gasteiger partial charge on any atom is 0.137 e. The van der Waals surface area contributed by atoms with Gasteiger partial charge in [-0.15, -0.1) is 10.2 Å². The van der Waals surface area contributed by atoms with Crippen LogP contribution in [0.1, 0.15) is 48.4 Å². The van der Waals surface area contributed by atoms with E-state index in [-0.39, 0.29) is 6.04 Å². The summed E-state index contributed by atoms with van der Waals surface area (Å²) in [5.41, 5.74) is 1.09. The number of piperidine rings is 1. The van der Waals surface area contributed by atoms with E-state index in [4.69, 9.17) is 0 Å². The molecule has 5 heteroatoms. The van der Waals surface area contributed by atoms with E-state index in [1.54, 1.807) is 0 Å². The van der Waals surface area contributed by atoms with Gasteiger partial charge in [0.1, 0.15) is 17.7 Å². The highest BCUT2D eigenvalue weighted by atomic mass is 15.3. The van der Waals surface area contributed by atoms with Crippen molar-refractivity contribution in [1.82, 2.24) is 19.7 Å². The fourth-order valence-electron chi connectivity index (χ4n) is 3.93. The number of fused-ring (bicyclic) bond motifs is 1. The Bertz CT molecular complexity index is 715. The third-order valence-corrected chi connectivity index (χ3v) is 5.06. The number of nitrogens with zero attached hydrogens (tertiary/aromatic N) is 5. The smallest absolute Gasteiger partial charge is 0.137 e. The number of hydrogen-bond donors (Lipinski definition) is 0. The Hall–Kier alpha value is -2.19. The Kier molecular flexibility index (Phi) is 3.84. The van der Waals surface area contributed by atoms with Crippen LogP contribution in [0, 0.1) is 11.3 Å². The molecule has 1 aromatic carbocycles. The monoisotopic (exact) mass is 307 g/mol. The molecule has 4 rings (SSSR count). The van der Waals surface area contributed by atoms with Crippen LogP contribution in [-0.2, 0) is 13.0 Å². The molecular formula is C18H21N5. The van der Waals surface area contributed by atoms with E-state index in [1.807, 2.05) is 30.3 Å². The van der Waals surface area contributed by atoms with Crippen molar-refractivity contribution < 1.29 is 0 Å². The zero-order valence-corrected chi connectivity index (χ0v) is 13.2. The second-order valence-corrected chi connectivity index (χ2v) is 6.51. The van der Waals surface area contributed by atoms with Crippen LogP contribution in [0.15, 0.2) is 30.3 Å². The molecular weight excluding hydrogens is 286 g/mol. The summed E-state index contributed by atoms with van der Waals surface area (Å²) >= 11 is 0. The van der Waals surface area contributed by atoms with E-state index in [2.05, 4.69) is 25.7 Å². The average molecular weight is 307 g/mol. The third kappa shape index (κ3) is 2.64. The molecule has 23 heavy (non-hydrogen) atoms. The summed E-state index contributed by atoms with van der Waals surface area (Å²) < 4.78 is 2.30. The molecule has 0 aliphatic carbocycles. The van der Waals surface area contributed by atoms with Gasteiger partial charge in [-0.3, -0.25) is 4.90 Å². The SMILES string of the molecule is N#C[C@@H](c1ccccc1)N1CCC[C@H](c2nnc3n2CCC3)C1. The molecule has 118 valence electrons. The van der Waals surface area contributed by atoms with Gasteiger partial charge < -0.3 is 4.57 Å². The summed E-state index contributed by atoms with van der Waals surface area (Å²) in [5, 5.41) is 18.5. The summed E-state index contributed by atoms with van der Waals surface area (Å²) in [6, 6.07) is 12.4. The molecule has 1 aromatic heterocycles. The van der Waals surface area contributed by atoms with Gasteiger partial charge in [-0.25, -0.2) is 0 Å². The molecule has 0 unspecified atom stereocenters. The fraction of sp³-hybridized carbons (Fsp3) is 0.500. The zero-order valence-electron chi connectivity index (χ0n) is 13.2. The van der Waals surface area contributed by atoms with Gasteiger partial charge >= 0.3 is 0 Å². The topological polar surface area (TPSA) is 57.7 Å². The first-order chi connectivity index (χ1) is 11.4. The van der Waals surface area contributed by atoms with Crippen LogP contribution in [0.5, 0.6) is 0 Å². The van der Waals surface area contributed by atoms with Crippen LogP contribution >= 0.6 is 0 Å². The predicted octanol–water partition coefficient (Wildman–Crippen LogP) is 2.67. The maximum absolute atomic E-state index is 9.68. The highest BCUT2D eigenvalue weighted by Gasteiger charge is 2.31. The number of likely N-dealkylation sites (tertiary alicyclic amines) is 1. The standard InChI is InChI=1S/C18H21N5/c19-12-16(14-6-2-1-3-7-14)22-10-4-8-15(13-22)18-21-20-17-9-5-11-23(17)18/h1-3,6-7,15-16H,4-5,8-11,13H2/t15-,16-/m0/s1. The normalized spacial score (nSPS) is 22.5. The van der Waals surface area contributed by atoms with E-state index < -0.39 is 0 Å². The van der Waals surface area contributed by atoms with Crippen molar-refractivity contribution in [1.29, 1.82) is 5.26 Å². The quantitative estimate of drug-likeness (QED) is 0.875. The molecule has 0 N–H and O–H groups in total. The van der Waals surface area contributed by atoms with E-state index >= 15 is 0 Å². The van der Waals surface area contributed by atoms with Crippen LogP contribution in [0.4, 0.5) is 0 Å². The molecule has 5 nitrogen and oxygen atoms in total. The number of benzene rings is 1. The molecule has 1 saturated heterocycles. The Morgan fingerprint density at radius 1 is 1.13 bits per heavy atom. The second kappa shape index (κ2) is 6.13. The molecule has 0 saturated carbocycles. The van der Waals surface area contributed by atoms with Crippen LogP contribution in [0.25, 0.3) is 0 Å². The molecule has 0 spiro atoms. The lowest BCUT2D eigenvalue weighted by Crippen LogP contribution is -2.37. The van der Waals surface area contributed by atoms with Crippen LogP contribution in [-0.4, -0.2) is 32.8 Å². The summed E-state index contributed by atoms with van der Waals surface area (Å²) in [4.78, 5) is 2.31. The van der Waals surface area contributed by atoms with Crippen molar-refractivity contribution in [3.63, 3.8) is 0 Å². The molecule has 1 fully saturated rings. The first-order valence-corrected chi connectivity index (χ1v) is 8.47. The number of hydrogen-bond acceptors (Lipinski definition) is 4. The molecule has 3 heterocycles. The van der Waals surface area contributed by atoms with Crippen molar-refractivity contribution in [2.45, 2.75) is 44.2 Å². The summed E-state index contributed by atoms with van der Waals surface area (Å²) in [6.07, 6.45) is 4.48. The number of rotatable bonds is 3. The fourth-order valence-corrected chi connectivity index (χ4v) is 3.93. The highest BCUT2D eigenvalue weighted by molar-refractivity contribution is 5.24. The zero-order chi connectivity index (χ0) is 15.6. The van der Waals surface area contributed by atoms with Crippen molar-refractivity contribution in [3.8, 4) is 6.07 Å². The minimum absolute atomic E-state index is 0.167. The number of nitriles is 1. The lowest BCUT2D eigenvalue weighted by Gasteiger charge is -2.35. The van der Waals surface area contributed by atoms with Crippen LogP contribution in [0.2, 0.25) is 0 Å². The number of aryl methyl sites for hydroxylation is 1. The van der Waals surface area contributed by atoms with Crippen molar-refractivity contribution in [3.05, 3.63) is 47.5 Å². The minimum atomic E-state index is -0.167. The largest absolute Gasteiger partial charge is 0.315 e. The predicted molar refractivity (Wildman–Crippen MR) is 86.7 cm³/mol. The average Bonchev–Trinajstić information content (AvgIpc) is 3.20. The van der Waals surface area contributed by atoms with Gasteiger partial charge in [0.15, 0.2) is 0 Å². The lowest BCUT2D eigenvalue weighted by molar-refractivity contribution is 0.173. The van der Waals surface area contributed by atoms with Crippen LogP contribution < -0.4 is 0 Å². The Morgan fingerprint density at radius 2 is 2.00 bits per heavy atom. The third-order valence-electron chi connectivity index (χ3n) is 5.06. The van der Waals surface area contributed by atoms with Crippen LogP contribution in [0.3, 0.4) is 0 Å². The summed E-state index contributed by atoms with van der Waals surface area (Å²) in [6.45, 7) is 2.92. The van der Waals surface area contributed by atoms with E-state index in [0.29, 0.717) is 5.92 Å². The second-order valence-electron chi connectivity index (χ2n) is 6.51. The van der Waals surface area contributed by atoms with Gasteiger partial charge in [0, 0.05) is 25.4 Å². The maximum atomic E-state index is 9.68. The number of aromatic nitrogens is 3. The molecule has 2 atom stereocenters. The van der Waals surface area contributed by atoms with Crippen molar-refractivity contribution >= 4 is 0 Å². The minimum Gasteiger partial charge on any atom is -0.315 e. The molecule has 0 radical (unpaired) electrons. The molecule has 2 aliphatic rings. The van der Waals surface area contributed by atoms with Gasteiger partial charge in [0.05, 0.1) is 6.07 Å². The first kappa shape index (κ1) is 14.4. The Morgan fingerprint density at radius 3 is 2.83 bits per heavy atom. The lowest BCUT2D eigenvalue weighted by atomic mass is 9.94. The molecule has 2 aliphatic heterocycles. The van der Waals surface area contributed by atoms with Gasteiger partial charge in [-0.05, 0) is 31.4 Å². The Labute approximate surface area is 136 Å². The Balaban J connectivity index is 1.56. The van der Waals surface area contributed by atoms with Crippen molar-refractivity contribution in [2.75, 3.05) is 13.1 Å². The van der Waals surface area contributed by atoms with Crippen molar-refractivity contribution in [2.24, 2.45) is 0 Å². The van der Waals surface area contributed by atoms with E-state index in [0.717, 1.165) is 56.1 Å². The van der Waals surface area contributed by atoms with E-state index in [1.165, 1.54) is 6.42 Å². The van der Waals surface area contributed by atoms with Gasteiger partial charge in [-0.1, -0.05) is 30.3 Å². The summed E-state index contributed by atoms with van der Waals surface area (Å²) in [5.74, 6) is 2.66. The molecule has 2 aromatic rings. The molecule has 0 amide bonds.